The SMILES string of the molecule is CO[C@]1(c2ccc(F)cc2)C(=O)N(CC(N)=O)c2ccc(Cl)c(F)c21. The number of hydrogen-bond donors (Lipinski definition) is 1. The third-order valence-corrected chi connectivity index (χ3v) is 4.42. The van der Waals surface area contributed by atoms with Crippen molar-refractivity contribution in [2.75, 3.05) is 18.6 Å². The third kappa shape index (κ3) is 2.47. The maximum Gasteiger partial charge on any atom is 0.269 e. The highest BCUT2D eigenvalue weighted by Crippen LogP contribution is 2.49. The van der Waals surface area contributed by atoms with E-state index in [1.54, 1.807) is 0 Å². The van der Waals surface area contributed by atoms with E-state index in [4.69, 9.17) is 22.1 Å². The van der Waals surface area contributed by atoms with Crippen LogP contribution in [0.4, 0.5) is 14.5 Å². The zero-order chi connectivity index (χ0) is 18.4. The fraction of sp³-hybridized carbons (Fsp3) is 0.176. The molecule has 0 fully saturated rings. The number of anilines is 1. The smallest absolute Gasteiger partial charge is 0.269 e. The van der Waals surface area contributed by atoms with E-state index in [1.165, 1.54) is 31.4 Å². The molecule has 0 unspecified atom stereocenters. The van der Waals surface area contributed by atoms with E-state index < -0.39 is 35.6 Å². The van der Waals surface area contributed by atoms with E-state index in [0.717, 1.165) is 17.0 Å². The summed E-state index contributed by atoms with van der Waals surface area (Å²) in [4.78, 5) is 25.5. The third-order valence-electron chi connectivity index (χ3n) is 4.13. The number of benzene rings is 2. The quantitative estimate of drug-likeness (QED) is 0.902. The number of rotatable bonds is 4. The number of hydrogen-bond acceptors (Lipinski definition) is 3. The van der Waals surface area contributed by atoms with Gasteiger partial charge in [-0.15, -0.1) is 0 Å². The lowest BCUT2D eigenvalue weighted by Crippen LogP contribution is -2.45. The van der Waals surface area contributed by atoms with Crippen molar-refractivity contribution in [1.82, 2.24) is 0 Å². The fourth-order valence-corrected chi connectivity index (χ4v) is 3.24. The zero-order valence-electron chi connectivity index (χ0n) is 13.1. The van der Waals surface area contributed by atoms with Crippen molar-refractivity contribution >= 4 is 29.1 Å². The molecule has 0 aliphatic carbocycles. The van der Waals surface area contributed by atoms with Crippen LogP contribution in [0.15, 0.2) is 36.4 Å². The van der Waals surface area contributed by atoms with Gasteiger partial charge >= 0.3 is 0 Å². The van der Waals surface area contributed by atoms with Crippen molar-refractivity contribution in [3.05, 3.63) is 64.2 Å². The highest BCUT2D eigenvalue weighted by atomic mass is 35.5. The summed E-state index contributed by atoms with van der Waals surface area (Å²) < 4.78 is 33.6. The van der Waals surface area contributed by atoms with Crippen LogP contribution in [0.25, 0.3) is 0 Å². The summed E-state index contributed by atoms with van der Waals surface area (Å²) in [6.07, 6.45) is 0. The van der Waals surface area contributed by atoms with Gasteiger partial charge in [-0.2, -0.15) is 0 Å². The average Bonchev–Trinajstić information content (AvgIpc) is 2.81. The Balaban J connectivity index is 2.33. The van der Waals surface area contributed by atoms with Gasteiger partial charge in [0.15, 0.2) is 5.82 Å². The zero-order valence-corrected chi connectivity index (χ0v) is 13.8. The van der Waals surface area contributed by atoms with Gasteiger partial charge in [0.05, 0.1) is 16.3 Å². The Morgan fingerprint density at radius 2 is 1.88 bits per heavy atom. The first-order valence-electron chi connectivity index (χ1n) is 7.23. The van der Waals surface area contributed by atoms with Gasteiger partial charge in [0.25, 0.3) is 5.91 Å². The Morgan fingerprint density at radius 3 is 2.44 bits per heavy atom. The summed E-state index contributed by atoms with van der Waals surface area (Å²) in [6.45, 7) is -0.459. The molecule has 1 aliphatic rings. The minimum absolute atomic E-state index is 0.122. The van der Waals surface area contributed by atoms with Crippen molar-refractivity contribution < 1.29 is 23.1 Å². The predicted molar refractivity (Wildman–Crippen MR) is 87.1 cm³/mol. The Morgan fingerprint density at radius 1 is 1.24 bits per heavy atom. The number of primary amides is 1. The first-order valence-corrected chi connectivity index (χ1v) is 7.60. The van der Waals surface area contributed by atoms with E-state index in [0.29, 0.717) is 0 Å². The standard InChI is InChI=1S/C17H13ClF2N2O3/c1-25-17(9-2-4-10(19)5-3-9)14-12(7-6-11(18)15(14)20)22(16(17)24)8-13(21)23/h2-7H,8H2,1H3,(H2,21,23)/t17-/m0/s1. The van der Waals surface area contributed by atoms with Crippen LogP contribution in [-0.4, -0.2) is 25.5 Å². The summed E-state index contributed by atoms with van der Waals surface area (Å²) in [5.74, 6) is -2.87. The van der Waals surface area contributed by atoms with Gasteiger partial charge in [-0.1, -0.05) is 23.7 Å². The largest absolute Gasteiger partial charge is 0.368 e. The van der Waals surface area contributed by atoms with Gasteiger partial charge in [-0.25, -0.2) is 8.78 Å². The van der Waals surface area contributed by atoms with E-state index in [-0.39, 0.29) is 21.8 Å². The van der Waals surface area contributed by atoms with Gasteiger partial charge < -0.3 is 10.5 Å². The van der Waals surface area contributed by atoms with Crippen LogP contribution >= 0.6 is 11.6 Å². The Hall–Kier alpha value is -2.51. The molecule has 2 aromatic carbocycles. The predicted octanol–water partition coefficient (Wildman–Crippen LogP) is 2.34. The molecule has 0 aromatic heterocycles. The summed E-state index contributed by atoms with van der Waals surface area (Å²) in [6, 6.07) is 7.56. The fourth-order valence-electron chi connectivity index (χ4n) is 3.08. The number of nitrogens with two attached hydrogens (primary N) is 1. The second kappa shape index (κ2) is 6.09. The Bertz CT molecular complexity index is 873. The number of halogens is 3. The monoisotopic (exact) mass is 366 g/mol. The summed E-state index contributed by atoms with van der Waals surface area (Å²) in [5, 5.41) is -0.212. The number of carbonyl (C=O) groups is 2. The lowest BCUT2D eigenvalue weighted by Gasteiger charge is -2.28. The average molecular weight is 367 g/mol. The van der Waals surface area contributed by atoms with Crippen molar-refractivity contribution in [1.29, 1.82) is 0 Å². The van der Waals surface area contributed by atoms with Crippen molar-refractivity contribution in [2.24, 2.45) is 5.73 Å². The molecule has 5 nitrogen and oxygen atoms in total. The van der Waals surface area contributed by atoms with E-state index >= 15 is 0 Å². The highest BCUT2D eigenvalue weighted by Gasteiger charge is 2.55. The van der Waals surface area contributed by atoms with Gasteiger partial charge in [0.1, 0.15) is 12.4 Å². The lowest BCUT2D eigenvalue weighted by atomic mass is 9.86. The van der Waals surface area contributed by atoms with E-state index in [9.17, 15) is 18.4 Å². The van der Waals surface area contributed by atoms with Crippen LogP contribution < -0.4 is 10.6 Å². The van der Waals surface area contributed by atoms with Crippen molar-refractivity contribution in [3.63, 3.8) is 0 Å². The number of methoxy groups -OCH3 is 1. The van der Waals surface area contributed by atoms with Gasteiger partial charge in [0, 0.05) is 7.11 Å². The van der Waals surface area contributed by atoms with E-state index in [1.807, 2.05) is 0 Å². The Kier molecular flexibility index (Phi) is 4.22. The molecule has 1 heterocycles. The molecule has 0 bridgehead atoms. The van der Waals surface area contributed by atoms with Crippen LogP contribution in [0, 0.1) is 11.6 Å². The molecule has 8 heteroatoms. The topological polar surface area (TPSA) is 72.6 Å². The summed E-state index contributed by atoms with van der Waals surface area (Å²) >= 11 is 5.88. The molecule has 2 amide bonds. The highest BCUT2D eigenvalue weighted by molar-refractivity contribution is 6.31. The van der Waals surface area contributed by atoms with Crippen LogP contribution in [0.5, 0.6) is 0 Å². The van der Waals surface area contributed by atoms with Crippen LogP contribution in [-0.2, 0) is 19.9 Å². The number of nitrogens with zero attached hydrogens (tertiary/aromatic N) is 1. The minimum Gasteiger partial charge on any atom is -0.368 e. The second-order valence-electron chi connectivity index (χ2n) is 5.51. The second-order valence-corrected chi connectivity index (χ2v) is 5.91. The molecule has 25 heavy (non-hydrogen) atoms. The molecule has 0 spiro atoms. The Labute approximate surface area is 146 Å². The molecule has 0 saturated heterocycles. The molecule has 0 saturated carbocycles. The van der Waals surface area contributed by atoms with Crippen LogP contribution in [0.2, 0.25) is 5.02 Å². The molecular formula is C17H13ClF2N2O3. The number of fused-ring (bicyclic) bond motifs is 1. The molecule has 2 N–H and O–H groups in total. The number of ether oxygens (including phenoxy) is 1. The normalized spacial score (nSPS) is 19.2. The molecular weight excluding hydrogens is 354 g/mol. The molecule has 0 radical (unpaired) electrons. The van der Waals surface area contributed by atoms with Crippen molar-refractivity contribution in [3.8, 4) is 0 Å². The molecule has 1 aliphatic heterocycles. The van der Waals surface area contributed by atoms with Gasteiger partial charge in [-0.05, 0) is 29.8 Å². The van der Waals surface area contributed by atoms with Gasteiger partial charge in [0.2, 0.25) is 11.5 Å². The molecule has 2 aromatic rings. The lowest BCUT2D eigenvalue weighted by molar-refractivity contribution is -0.136. The first-order chi connectivity index (χ1) is 11.8. The summed E-state index contributed by atoms with van der Waals surface area (Å²) in [5.41, 5.74) is 3.50. The molecule has 1 atom stereocenters. The van der Waals surface area contributed by atoms with E-state index in [2.05, 4.69) is 0 Å². The number of amides is 2. The minimum atomic E-state index is -1.90. The maximum absolute atomic E-state index is 14.9. The molecule has 3 rings (SSSR count). The first kappa shape index (κ1) is 17.3. The molecule has 130 valence electrons. The van der Waals surface area contributed by atoms with Gasteiger partial charge in [-0.3, -0.25) is 14.5 Å². The van der Waals surface area contributed by atoms with Crippen molar-refractivity contribution in [2.45, 2.75) is 5.60 Å². The van der Waals surface area contributed by atoms with Crippen LogP contribution in [0.3, 0.4) is 0 Å². The summed E-state index contributed by atoms with van der Waals surface area (Å²) in [7, 11) is 1.22. The number of carbonyl (C=O) groups excluding carboxylic acids is 2. The van der Waals surface area contributed by atoms with Crippen LogP contribution in [0.1, 0.15) is 11.1 Å². The maximum atomic E-state index is 14.9.